The van der Waals surface area contributed by atoms with E-state index in [9.17, 15) is 9.59 Å². The number of aromatic nitrogens is 2. The highest BCUT2D eigenvalue weighted by atomic mass is 35.5. The zero-order chi connectivity index (χ0) is 19.6. The van der Waals surface area contributed by atoms with Gasteiger partial charge < -0.3 is 14.6 Å². The summed E-state index contributed by atoms with van der Waals surface area (Å²) in [5, 5.41) is 1.13. The maximum absolute atomic E-state index is 12.6. The van der Waals surface area contributed by atoms with Crippen LogP contribution in [0.5, 0.6) is 5.75 Å². The summed E-state index contributed by atoms with van der Waals surface area (Å²) in [7, 11) is 1.64. The number of benzene rings is 2. The highest BCUT2D eigenvalue weighted by molar-refractivity contribution is 6.30. The summed E-state index contributed by atoms with van der Waals surface area (Å²) in [6.45, 7) is 3.72. The van der Waals surface area contributed by atoms with Crippen LogP contribution >= 0.6 is 11.6 Å². The Bertz CT molecular complexity index is 1050. The highest BCUT2D eigenvalue weighted by Crippen LogP contribution is 2.23. The quantitative estimate of drug-likeness (QED) is 0.731. The van der Waals surface area contributed by atoms with Crippen molar-refractivity contribution < 1.29 is 9.53 Å². The minimum atomic E-state index is -0.693. The van der Waals surface area contributed by atoms with Crippen LogP contribution in [0.1, 0.15) is 18.3 Å². The minimum absolute atomic E-state index is 0.173. The van der Waals surface area contributed by atoms with E-state index in [1.165, 1.54) is 4.90 Å². The third-order valence-electron chi connectivity index (χ3n) is 4.21. The van der Waals surface area contributed by atoms with E-state index < -0.39 is 6.10 Å². The molecule has 3 aromatic rings. The van der Waals surface area contributed by atoms with Gasteiger partial charge >= 0.3 is 0 Å². The van der Waals surface area contributed by atoms with Crippen molar-refractivity contribution in [1.82, 2.24) is 14.9 Å². The predicted octanol–water partition coefficient (Wildman–Crippen LogP) is 3.31. The molecule has 0 saturated carbocycles. The normalized spacial score (nSPS) is 12.0. The molecule has 0 fully saturated rings. The second-order valence-corrected chi connectivity index (χ2v) is 6.83. The van der Waals surface area contributed by atoms with Crippen LogP contribution in [0.2, 0.25) is 5.02 Å². The lowest BCUT2D eigenvalue weighted by Crippen LogP contribution is -2.38. The molecule has 0 spiro atoms. The number of fused-ring (bicyclic) bond motifs is 1. The van der Waals surface area contributed by atoms with Gasteiger partial charge in [0.15, 0.2) is 6.10 Å². The van der Waals surface area contributed by atoms with Gasteiger partial charge in [0.1, 0.15) is 11.6 Å². The molecule has 140 valence electrons. The number of hydrogen-bond acceptors (Lipinski definition) is 4. The SMILES string of the molecule is Cc1cc(Cl)ccc1O[C@@H](C)C(=O)N(C)Cc1nc2ccccc2c(=O)[nH]1. The zero-order valence-corrected chi connectivity index (χ0v) is 16.1. The first kappa shape index (κ1) is 18.9. The van der Waals surface area contributed by atoms with E-state index in [4.69, 9.17) is 16.3 Å². The average Bonchev–Trinajstić information content (AvgIpc) is 2.63. The highest BCUT2D eigenvalue weighted by Gasteiger charge is 2.21. The smallest absolute Gasteiger partial charge is 0.263 e. The van der Waals surface area contributed by atoms with Crippen LogP contribution in [0.4, 0.5) is 0 Å². The predicted molar refractivity (Wildman–Crippen MR) is 105 cm³/mol. The Morgan fingerprint density at radius 1 is 1.30 bits per heavy atom. The van der Waals surface area contributed by atoms with Gasteiger partial charge in [0.05, 0.1) is 17.4 Å². The molecule has 3 rings (SSSR count). The van der Waals surface area contributed by atoms with Crippen LogP contribution in [0, 0.1) is 6.92 Å². The summed E-state index contributed by atoms with van der Waals surface area (Å²) in [6.07, 6.45) is -0.693. The van der Waals surface area contributed by atoms with Crippen LogP contribution in [-0.2, 0) is 11.3 Å². The average molecular weight is 386 g/mol. The van der Waals surface area contributed by atoms with Crippen LogP contribution in [0.15, 0.2) is 47.3 Å². The van der Waals surface area contributed by atoms with Crippen molar-refractivity contribution in [3.05, 3.63) is 69.2 Å². The number of aryl methyl sites for hydroxylation is 1. The first-order valence-corrected chi connectivity index (χ1v) is 8.88. The van der Waals surface area contributed by atoms with E-state index in [0.717, 1.165) is 5.56 Å². The Morgan fingerprint density at radius 3 is 2.78 bits per heavy atom. The molecule has 0 aliphatic rings. The van der Waals surface area contributed by atoms with Crippen molar-refractivity contribution in [3.63, 3.8) is 0 Å². The first-order valence-electron chi connectivity index (χ1n) is 8.51. The number of para-hydroxylation sites is 1. The lowest BCUT2D eigenvalue weighted by atomic mass is 10.2. The van der Waals surface area contributed by atoms with Crippen molar-refractivity contribution in [3.8, 4) is 5.75 Å². The number of H-pyrrole nitrogens is 1. The summed E-state index contributed by atoms with van der Waals surface area (Å²) in [6, 6.07) is 12.3. The summed E-state index contributed by atoms with van der Waals surface area (Å²) < 4.78 is 5.77. The summed E-state index contributed by atoms with van der Waals surface area (Å²) in [5.74, 6) is 0.801. The third kappa shape index (κ3) is 4.28. The maximum atomic E-state index is 12.6. The molecule has 0 aliphatic carbocycles. The van der Waals surface area contributed by atoms with Crippen LogP contribution in [0.3, 0.4) is 0 Å². The third-order valence-corrected chi connectivity index (χ3v) is 4.45. The molecular formula is C20H20ClN3O3. The molecule has 1 heterocycles. The standard InChI is InChI=1S/C20H20ClN3O3/c1-12-10-14(21)8-9-17(12)27-13(2)20(26)24(3)11-18-22-16-7-5-4-6-15(16)19(25)23-18/h4-10,13H,11H2,1-3H3,(H,22,23,25)/t13-/m0/s1. The molecule has 0 aliphatic heterocycles. The van der Waals surface area contributed by atoms with E-state index in [-0.39, 0.29) is 18.0 Å². The number of carbonyl (C=O) groups is 1. The lowest BCUT2D eigenvalue weighted by Gasteiger charge is -2.22. The van der Waals surface area contributed by atoms with Gasteiger partial charge in [0, 0.05) is 12.1 Å². The molecule has 27 heavy (non-hydrogen) atoms. The maximum Gasteiger partial charge on any atom is 0.263 e. The van der Waals surface area contributed by atoms with E-state index in [1.807, 2.05) is 13.0 Å². The first-order chi connectivity index (χ1) is 12.8. The van der Waals surface area contributed by atoms with Crippen molar-refractivity contribution in [2.24, 2.45) is 0 Å². The second kappa shape index (κ2) is 7.80. The topological polar surface area (TPSA) is 75.3 Å². The molecule has 0 radical (unpaired) electrons. The van der Waals surface area contributed by atoms with Gasteiger partial charge in [-0.25, -0.2) is 4.98 Å². The van der Waals surface area contributed by atoms with E-state index in [0.29, 0.717) is 27.5 Å². The van der Waals surface area contributed by atoms with E-state index in [1.54, 1.807) is 50.4 Å². The fourth-order valence-corrected chi connectivity index (χ4v) is 3.04. The molecule has 0 bridgehead atoms. The molecule has 1 N–H and O–H groups in total. The number of aromatic amines is 1. The van der Waals surface area contributed by atoms with Crippen molar-refractivity contribution in [1.29, 1.82) is 0 Å². The number of nitrogens with one attached hydrogen (secondary N) is 1. The molecular weight excluding hydrogens is 366 g/mol. The summed E-state index contributed by atoms with van der Waals surface area (Å²) >= 11 is 5.94. The number of likely N-dealkylation sites (N-methyl/N-ethyl adjacent to an activating group) is 1. The van der Waals surface area contributed by atoms with E-state index in [2.05, 4.69) is 9.97 Å². The number of hydrogen-bond donors (Lipinski definition) is 1. The Morgan fingerprint density at radius 2 is 2.04 bits per heavy atom. The number of rotatable bonds is 5. The van der Waals surface area contributed by atoms with Crippen LogP contribution in [0.25, 0.3) is 10.9 Å². The minimum Gasteiger partial charge on any atom is -0.481 e. The van der Waals surface area contributed by atoms with Crippen molar-refractivity contribution in [2.75, 3.05) is 7.05 Å². The number of carbonyl (C=O) groups excluding carboxylic acids is 1. The molecule has 7 heteroatoms. The fraction of sp³-hybridized carbons (Fsp3) is 0.250. The summed E-state index contributed by atoms with van der Waals surface area (Å²) in [5.41, 5.74) is 1.22. The Kier molecular flexibility index (Phi) is 5.46. The number of ether oxygens (including phenoxy) is 1. The van der Waals surface area contributed by atoms with Crippen LogP contribution in [-0.4, -0.2) is 33.9 Å². The largest absolute Gasteiger partial charge is 0.481 e. The van der Waals surface area contributed by atoms with E-state index >= 15 is 0 Å². The number of amides is 1. The number of halogens is 1. The second-order valence-electron chi connectivity index (χ2n) is 6.39. The number of nitrogens with zero attached hydrogens (tertiary/aromatic N) is 2. The molecule has 1 amide bonds. The van der Waals surface area contributed by atoms with Gasteiger partial charge in [0.2, 0.25) is 0 Å². The van der Waals surface area contributed by atoms with Crippen molar-refractivity contribution in [2.45, 2.75) is 26.5 Å². The monoisotopic (exact) mass is 385 g/mol. The summed E-state index contributed by atoms with van der Waals surface area (Å²) in [4.78, 5) is 33.4. The lowest BCUT2D eigenvalue weighted by molar-refractivity contribution is -0.137. The van der Waals surface area contributed by atoms with Gasteiger partial charge in [-0.1, -0.05) is 23.7 Å². The fourth-order valence-electron chi connectivity index (χ4n) is 2.81. The van der Waals surface area contributed by atoms with Gasteiger partial charge in [-0.15, -0.1) is 0 Å². The van der Waals surface area contributed by atoms with Gasteiger partial charge in [-0.2, -0.15) is 0 Å². The Hall–Kier alpha value is -2.86. The molecule has 1 aromatic heterocycles. The molecule has 0 saturated heterocycles. The van der Waals surface area contributed by atoms with Gasteiger partial charge in [-0.05, 0) is 49.7 Å². The Balaban J connectivity index is 1.72. The molecule has 0 unspecified atom stereocenters. The molecule has 6 nitrogen and oxygen atoms in total. The molecule has 2 aromatic carbocycles. The van der Waals surface area contributed by atoms with Gasteiger partial charge in [-0.3, -0.25) is 9.59 Å². The zero-order valence-electron chi connectivity index (χ0n) is 15.3. The Labute approximate surface area is 161 Å². The van der Waals surface area contributed by atoms with Gasteiger partial charge in [0.25, 0.3) is 11.5 Å². The molecule has 1 atom stereocenters. The van der Waals surface area contributed by atoms with Crippen molar-refractivity contribution >= 4 is 28.4 Å². The van der Waals surface area contributed by atoms with Crippen LogP contribution < -0.4 is 10.3 Å².